The summed E-state index contributed by atoms with van der Waals surface area (Å²) in [5.41, 5.74) is 0.837. The summed E-state index contributed by atoms with van der Waals surface area (Å²) in [6, 6.07) is 0.316. The minimum Gasteiger partial charge on any atom is -0.375 e. The Labute approximate surface area is 106 Å². The smallest absolute Gasteiger partial charge is 0.186 e. The van der Waals surface area contributed by atoms with E-state index in [1.807, 2.05) is 6.92 Å². The molecule has 1 aromatic rings. The third kappa shape index (κ3) is 2.50. The first kappa shape index (κ1) is 12.5. The maximum Gasteiger partial charge on any atom is 0.186 e. The predicted octanol–water partition coefficient (Wildman–Crippen LogP) is 2.27. The molecule has 0 saturated carbocycles. The normalized spacial score (nSPS) is 25.1. The molecule has 0 aromatic carbocycles. The molecule has 1 aliphatic heterocycles. The summed E-state index contributed by atoms with van der Waals surface area (Å²) in [6.45, 7) is 9.23. The van der Waals surface area contributed by atoms with Crippen LogP contribution in [0.2, 0.25) is 0 Å². The second-order valence-electron chi connectivity index (χ2n) is 4.61. The number of morpholine rings is 1. The van der Waals surface area contributed by atoms with Crippen LogP contribution in [0, 0.1) is 6.92 Å². The van der Waals surface area contributed by atoms with E-state index in [0.717, 1.165) is 28.9 Å². The Kier molecular flexibility index (Phi) is 3.49. The van der Waals surface area contributed by atoms with Crippen LogP contribution in [-0.2, 0) is 4.74 Å². The van der Waals surface area contributed by atoms with Crippen LogP contribution in [0.25, 0.3) is 0 Å². The Bertz CT molecular complexity index is 430. The first-order valence-electron chi connectivity index (χ1n) is 5.85. The van der Waals surface area contributed by atoms with Gasteiger partial charge in [0.2, 0.25) is 0 Å². The molecule has 1 aromatic heterocycles. The van der Waals surface area contributed by atoms with Crippen molar-refractivity contribution in [2.24, 2.45) is 0 Å². The molecule has 5 heteroatoms. The third-order valence-electron chi connectivity index (χ3n) is 2.96. The van der Waals surface area contributed by atoms with Crippen molar-refractivity contribution in [1.29, 1.82) is 0 Å². The molecule has 0 aliphatic carbocycles. The molecule has 1 saturated heterocycles. The lowest BCUT2D eigenvalue weighted by Gasteiger charge is -2.36. The van der Waals surface area contributed by atoms with Gasteiger partial charge in [-0.2, -0.15) is 0 Å². The summed E-state index contributed by atoms with van der Waals surface area (Å²) >= 11 is 1.49. The molecule has 94 valence electrons. The molecule has 2 heterocycles. The molecule has 0 amide bonds. The van der Waals surface area contributed by atoms with Crippen molar-refractivity contribution in [2.75, 3.05) is 18.1 Å². The summed E-state index contributed by atoms with van der Waals surface area (Å²) in [5, 5.41) is 0.940. The minimum absolute atomic E-state index is 0.0974. The average Bonchev–Trinajstić information content (AvgIpc) is 2.64. The van der Waals surface area contributed by atoms with Gasteiger partial charge in [-0.25, -0.2) is 4.98 Å². The molecule has 4 nitrogen and oxygen atoms in total. The maximum absolute atomic E-state index is 11.4. The molecule has 1 fully saturated rings. The zero-order valence-corrected chi connectivity index (χ0v) is 11.5. The van der Waals surface area contributed by atoms with Gasteiger partial charge in [0, 0.05) is 13.5 Å². The highest BCUT2D eigenvalue weighted by molar-refractivity contribution is 7.17. The van der Waals surface area contributed by atoms with E-state index in [1.165, 1.54) is 11.3 Å². The van der Waals surface area contributed by atoms with Gasteiger partial charge in [-0.1, -0.05) is 11.3 Å². The molecule has 0 radical (unpaired) electrons. The summed E-state index contributed by atoms with van der Waals surface area (Å²) < 4.78 is 5.59. The Morgan fingerprint density at radius 3 is 2.82 bits per heavy atom. The number of aromatic nitrogens is 1. The SMILES string of the molecule is CC(=O)c1sc(N2CC(C)OCC2C)nc1C. The molecule has 17 heavy (non-hydrogen) atoms. The van der Waals surface area contributed by atoms with Gasteiger partial charge in [-0.15, -0.1) is 0 Å². The van der Waals surface area contributed by atoms with Crippen molar-refractivity contribution in [2.45, 2.75) is 39.8 Å². The highest BCUT2D eigenvalue weighted by Gasteiger charge is 2.26. The van der Waals surface area contributed by atoms with Crippen molar-refractivity contribution in [3.05, 3.63) is 10.6 Å². The van der Waals surface area contributed by atoms with Gasteiger partial charge in [0.15, 0.2) is 10.9 Å². The quantitative estimate of drug-likeness (QED) is 0.759. The molecular formula is C12H18N2O2S. The predicted molar refractivity (Wildman–Crippen MR) is 69.1 cm³/mol. The lowest BCUT2D eigenvalue weighted by atomic mass is 10.2. The molecule has 0 N–H and O–H groups in total. The van der Waals surface area contributed by atoms with Crippen LogP contribution >= 0.6 is 11.3 Å². The van der Waals surface area contributed by atoms with E-state index in [2.05, 4.69) is 23.7 Å². The van der Waals surface area contributed by atoms with Gasteiger partial charge in [0.25, 0.3) is 0 Å². The van der Waals surface area contributed by atoms with Gasteiger partial charge in [0.05, 0.1) is 29.3 Å². The number of ketones is 1. The number of Topliss-reactive ketones (excluding diaryl/α,β-unsaturated/α-hetero) is 1. The van der Waals surface area contributed by atoms with Crippen LogP contribution in [0.15, 0.2) is 0 Å². The summed E-state index contributed by atoms with van der Waals surface area (Å²) in [7, 11) is 0. The number of anilines is 1. The van der Waals surface area contributed by atoms with Crippen LogP contribution in [0.3, 0.4) is 0 Å². The third-order valence-corrected chi connectivity index (χ3v) is 4.25. The van der Waals surface area contributed by atoms with Crippen molar-refractivity contribution in [1.82, 2.24) is 4.98 Å². The van der Waals surface area contributed by atoms with Crippen LogP contribution in [0.4, 0.5) is 5.13 Å². The molecule has 2 rings (SSSR count). The van der Waals surface area contributed by atoms with Crippen molar-refractivity contribution >= 4 is 22.3 Å². The van der Waals surface area contributed by atoms with Crippen molar-refractivity contribution in [3.8, 4) is 0 Å². The highest BCUT2D eigenvalue weighted by Crippen LogP contribution is 2.29. The maximum atomic E-state index is 11.4. The fraction of sp³-hybridized carbons (Fsp3) is 0.667. The first-order valence-corrected chi connectivity index (χ1v) is 6.67. The monoisotopic (exact) mass is 254 g/mol. The number of rotatable bonds is 2. The Morgan fingerprint density at radius 2 is 2.24 bits per heavy atom. The molecule has 2 atom stereocenters. The van der Waals surface area contributed by atoms with E-state index < -0.39 is 0 Å². The van der Waals surface area contributed by atoms with E-state index in [4.69, 9.17) is 4.74 Å². The van der Waals surface area contributed by atoms with Crippen LogP contribution in [-0.4, -0.2) is 36.1 Å². The zero-order chi connectivity index (χ0) is 12.6. The van der Waals surface area contributed by atoms with Crippen molar-refractivity contribution < 1.29 is 9.53 Å². The standard InChI is InChI=1S/C12H18N2O2S/c1-7-6-16-8(2)5-14(7)12-13-9(3)11(17-12)10(4)15/h7-8H,5-6H2,1-4H3. The van der Waals surface area contributed by atoms with E-state index >= 15 is 0 Å². The number of nitrogens with zero attached hydrogens (tertiary/aromatic N) is 2. The fourth-order valence-corrected chi connectivity index (χ4v) is 3.08. The lowest BCUT2D eigenvalue weighted by Crippen LogP contribution is -2.47. The number of aryl methyl sites for hydroxylation is 1. The van der Waals surface area contributed by atoms with E-state index in [0.29, 0.717) is 6.04 Å². The largest absolute Gasteiger partial charge is 0.375 e. The van der Waals surface area contributed by atoms with Gasteiger partial charge >= 0.3 is 0 Å². The number of hydrogen-bond donors (Lipinski definition) is 0. The average molecular weight is 254 g/mol. The number of hydrogen-bond acceptors (Lipinski definition) is 5. The fourth-order valence-electron chi connectivity index (χ4n) is 2.00. The Morgan fingerprint density at radius 1 is 1.53 bits per heavy atom. The summed E-state index contributed by atoms with van der Waals surface area (Å²) in [4.78, 5) is 18.9. The molecule has 1 aliphatic rings. The minimum atomic E-state index is 0.0974. The van der Waals surface area contributed by atoms with Crippen LogP contribution < -0.4 is 4.90 Å². The van der Waals surface area contributed by atoms with E-state index in [-0.39, 0.29) is 11.9 Å². The highest BCUT2D eigenvalue weighted by atomic mass is 32.1. The van der Waals surface area contributed by atoms with Gasteiger partial charge in [0.1, 0.15) is 0 Å². The topological polar surface area (TPSA) is 42.4 Å². The van der Waals surface area contributed by atoms with Gasteiger partial charge in [-0.3, -0.25) is 4.79 Å². The van der Waals surface area contributed by atoms with E-state index in [9.17, 15) is 4.79 Å². The summed E-state index contributed by atoms with van der Waals surface area (Å²) in [6.07, 6.45) is 0.219. The number of ether oxygens (including phenoxy) is 1. The molecular weight excluding hydrogens is 236 g/mol. The lowest BCUT2D eigenvalue weighted by molar-refractivity contribution is 0.0343. The Balaban J connectivity index is 2.26. The second kappa shape index (κ2) is 4.74. The molecule has 0 bridgehead atoms. The second-order valence-corrected chi connectivity index (χ2v) is 5.59. The van der Waals surface area contributed by atoms with Crippen LogP contribution in [0.1, 0.15) is 36.1 Å². The number of thiazole rings is 1. The molecule has 0 spiro atoms. The Hall–Kier alpha value is -0.940. The van der Waals surface area contributed by atoms with Crippen molar-refractivity contribution in [3.63, 3.8) is 0 Å². The first-order chi connectivity index (χ1) is 7.99. The van der Waals surface area contributed by atoms with E-state index in [1.54, 1.807) is 6.92 Å². The van der Waals surface area contributed by atoms with Gasteiger partial charge in [-0.05, 0) is 20.8 Å². The van der Waals surface area contributed by atoms with Gasteiger partial charge < -0.3 is 9.64 Å². The van der Waals surface area contributed by atoms with Crippen LogP contribution in [0.5, 0.6) is 0 Å². The molecule has 2 unspecified atom stereocenters. The number of carbonyl (C=O) groups is 1. The number of carbonyl (C=O) groups excluding carboxylic acids is 1. The zero-order valence-electron chi connectivity index (χ0n) is 10.7. The summed E-state index contributed by atoms with van der Waals surface area (Å²) in [5.74, 6) is 0.0974.